The van der Waals surface area contributed by atoms with Gasteiger partial charge in [0.05, 0.1) is 12.1 Å². The number of rotatable bonds is 8. The first-order chi connectivity index (χ1) is 13.7. The molecule has 8 heteroatoms. The Balaban J connectivity index is 2.22. The third kappa shape index (κ3) is 5.92. The fourth-order valence-corrected chi connectivity index (χ4v) is 2.91. The molecule has 1 heterocycles. The molecular weight excluding hydrogens is 381 g/mol. The first kappa shape index (κ1) is 22.6. The van der Waals surface area contributed by atoms with Crippen LogP contribution in [0.2, 0.25) is 0 Å². The van der Waals surface area contributed by atoms with Crippen molar-refractivity contribution in [3.05, 3.63) is 41.1 Å². The molecule has 0 atom stereocenters. The molecule has 2 rings (SSSR count). The van der Waals surface area contributed by atoms with E-state index in [4.69, 9.17) is 0 Å². The van der Waals surface area contributed by atoms with Crippen molar-refractivity contribution in [2.45, 2.75) is 46.7 Å². The lowest BCUT2D eigenvalue weighted by atomic mass is 10.1. The molecule has 158 valence electrons. The van der Waals surface area contributed by atoms with Gasteiger partial charge in [-0.05, 0) is 38.8 Å². The molecule has 2 aromatic rings. The smallest absolute Gasteiger partial charge is 0.361 e. The first-order valence-corrected chi connectivity index (χ1v) is 9.71. The maximum atomic E-state index is 12.8. The van der Waals surface area contributed by atoms with Crippen LogP contribution >= 0.6 is 0 Å². The van der Waals surface area contributed by atoms with Gasteiger partial charge in [0.1, 0.15) is 5.82 Å². The van der Waals surface area contributed by atoms with Crippen molar-refractivity contribution in [3.8, 4) is 11.4 Å². The Morgan fingerprint density at radius 2 is 1.62 bits per heavy atom. The third-order valence-electron chi connectivity index (χ3n) is 4.61. The minimum Gasteiger partial charge on any atom is -0.361 e. The van der Waals surface area contributed by atoms with Crippen LogP contribution in [0.15, 0.2) is 24.3 Å². The van der Waals surface area contributed by atoms with Gasteiger partial charge < -0.3 is 10.2 Å². The summed E-state index contributed by atoms with van der Waals surface area (Å²) in [4.78, 5) is 23.1. The Kier molecular flexibility index (Phi) is 7.59. The summed E-state index contributed by atoms with van der Waals surface area (Å²) >= 11 is 0. The monoisotopic (exact) mass is 408 g/mol. The second-order valence-corrected chi connectivity index (χ2v) is 6.92. The van der Waals surface area contributed by atoms with Crippen LogP contribution in [0.5, 0.6) is 0 Å². The lowest BCUT2D eigenvalue weighted by Crippen LogP contribution is -2.36. The summed E-state index contributed by atoms with van der Waals surface area (Å²) in [6.07, 6.45) is -2.62. The van der Waals surface area contributed by atoms with Gasteiger partial charge in [0.15, 0.2) is 5.82 Å². The number of nitrogens with zero attached hydrogens (tertiary/aromatic N) is 3. The SMILES string of the molecule is CCCN(CCC)C(=O)CNc1nc(-c2ccc(C(F)(F)F)cc2)nc(C)c1C. The van der Waals surface area contributed by atoms with E-state index in [1.807, 2.05) is 25.7 Å². The van der Waals surface area contributed by atoms with E-state index in [-0.39, 0.29) is 12.5 Å². The number of carbonyl (C=O) groups is 1. The summed E-state index contributed by atoms with van der Waals surface area (Å²) in [6, 6.07) is 4.73. The fourth-order valence-electron chi connectivity index (χ4n) is 2.91. The van der Waals surface area contributed by atoms with Crippen LogP contribution < -0.4 is 5.32 Å². The molecular formula is C21H27F3N4O. The zero-order chi connectivity index (χ0) is 21.6. The van der Waals surface area contributed by atoms with Crippen LogP contribution in [-0.4, -0.2) is 40.4 Å². The number of amides is 1. The van der Waals surface area contributed by atoms with Crippen molar-refractivity contribution >= 4 is 11.7 Å². The van der Waals surface area contributed by atoms with Crippen molar-refractivity contribution in [2.24, 2.45) is 0 Å². The highest BCUT2D eigenvalue weighted by Crippen LogP contribution is 2.30. The van der Waals surface area contributed by atoms with Gasteiger partial charge >= 0.3 is 6.18 Å². The number of hydrogen-bond acceptors (Lipinski definition) is 4. The highest BCUT2D eigenvalue weighted by atomic mass is 19.4. The van der Waals surface area contributed by atoms with Crippen molar-refractivity contribution in [1.29, 1.82) is 0 Å². The molecule has 5 nitrogen and oxygen atoms in total. The normalized spacial score (nSPS) is 11.4. The average molecular weight is 408 g/mol. The van der Waals surface area contributed by atoms with Crippen LogP contribution in [0.25, 0.3) is 11.4 Å². The molecule has 0 spiro atoms. The Labute approximate surface area is 169 Å². The van der Waals surface area contributed by atoms with Crippen molar-refractivity contribution in [2.75, 3.05) is 25.0 Å². The molecule has 0 unspecified atom stereocenters. The van der Waals surface area contributed by atoms with Gasteiger partial charge in [-0.15, -0.1) is 0 Å². The highest BCUT2D eigenvalue weighted by molar-refractivity contribution is 5.81. The van der Waals surface area contributed by atoms with E-state index in [0.29, 0.717) is 36.0 Å². The number of alkyl halides is 3. The maximum Gasteiger partial charge on any atom is 0.416 e. The van der Waals surface area contributed by atoms with Gasteiger partial charge in [-0.25, -0.2) is 9.97 Å². The molecule has 1 aromatic carbocycles. The molecule has 0 bridgehead atoms. The van der Waals surface area contributed by atoms with Crippen LogP contribution in [-0.2, 0) is 11.0 Å². The molecule has 29 heavy (non-hydrogen) atoms. The number of carbonyl (C=O) groups excluding carboxylic acids is 1. The Hall–Kier alpha value is -2.64. The molecule has 0 fully saturated rings. The van der Waals surface area contributed by atoms with E-state index in [1.54, 1.807) is 6.92 Å². The van der Waals surface area contributed by atoms with Crippen molar-refractivity contribution in [1.82, 2.24) is 14.9 Å². The largest absolute Gasteiger partial charge is 0.416 e. The van der Waals surface area contributed by atoms with E-state index in [0.717, 1.165) is 30.5 Å². The van der Waals surface area contributed by atoms with E-state index in [9.17, 15) is 18.0 Å². The van der Waals surface area contributed by atoms with Crippen LogP contribution in [0, 0.1) is 13.8 Å². The summed E-state index contributed by atoms with van der Waals surface area (Å²) in [5.74, 6) is 0.810. The van der Waals surface area contributed by atoms with E-state index < -0.39 is 11.7 Å². The van der Waals surface area contributed by atoms with E-state index in [1.165, 1.54) is 12.1 Å². The Bertz CT molecular complexity index is 829. The molecule has 1 N–H and O–H groups in total. The summed E-state index contributed by atoms with van der Waals surface area (Å²) in [6.45, 7) is 9.20. The number of halogens is 3. The van der Waals surface area contributed by atoms with Gasteiger partial charge in [0.2, 0.25) is 5.91 Å². The van der Waals surface area contributed by atoms with Gasteiger partial charge in [-0.1, -0.05) is 26.0 Å². The third-order valence-corrected chi connectivity index (χ3v) is 4.61. The van der Waals surface area contributed by atoms with E-state index >= 15 is 0 Å². The molecule has 0 aliphatic heterocycles. The number of benzene rings is 1. The topological polar surface area (TPSA) is 58.1 Å². The quantitative estimate of drug-likeness (QED) is 0.679. The minimum atomic E-state index is -4.39. The van der Waals surface area contributed by atoms with Crippen molar-refractivity contribution < 1.29 is 18.0 Å². The molecule has 0 saturated carbocycles. The molecule has 1 aromatic heterocycles. The van der Waals surface area contributed by atoms with Gasteiger partial charge in [0, 0.05) is 29.9 Å². The molecule has 0 aliphatic rings. The standard InChI is InChI=1S/C21H27F3N4O/c1-5-11-28(12-6-2)18(29)13-25-19-14(3)15(4)26-20(27-19)16-7-9-17(10-8-16)21(22,23)24/h7-10H,5-6,11-13H2,1-4H3,(H,25,26,27). The van der Waals surface area contributed by atoms with Crippen LogP contribution in [0.3, 0.4) is 0 Å². The zero-order valence-electron chi connectivity index (χ0n) is 17.2. The number of anilines is 1. The Morgan fingerprint density at radius 3 is 2.14 bits per heavy atom. The van der Waals surface area contributed by atoms with Gasteiger partial charge in [0.25, 0.3) is 0 Å². The highest BCUT2D eigenvalue weighted by Gasteiger charge is 2.30. The fraction of sp³-hybridized carbons (Fsp3) is 0.476. The van der Waals surface area contributed by atoms with Crippen LogP contribution in [0.4, 0.5) is 19.0 Å². The summed E-state index contributed by atoms with van der Waals surface area (Å²) in [5.41, 5.74) is 1.25. The second kappa shape index (κ2) is 9.71. The van der Waals surface area contributed by atoms with Gasteiger partial charge in [-0.2, -0.15) is 13.2 Å². The number of aromatic nitrogens is 2. The summed E-state index contributed by atoms with van der Waals surface area (Å²) < 4.78 is 38.3. The molecule has 0 radical (unpaired) electrons. The second-order valence-electron chi connectivity index (χ2n) is 6.92. The summed E-state index contributed by atoms with van der Waals surface area (Å²) in [5, 5.41) is 3.07. The number of nitrogens with one attached hydrogen (secondary N) is 1. The lowest BCUT2D eigenvalue weighted by molar-refractivity contribution is -0.137. The predicted octanol–water partition coefficient (Wildman–Crippen LogP) is 4.84. The molecule has 0 saturated heterocycles. The van der Waals surface area contributed by atoms with Crippen LogP contribution in [0.1, 0.15) is 43.5 Å². The Morgan fingerprint density at radius 1 is 1.03 bits per heavy atom. The number of hydrogen-bond donors (Lipinski definition) is 1. The molecule has 1 amide bonds. The molecule has 0 aliphatic carbocycles. The summed E-state index contributed by atoms with van der Waals surface area (Å²) in [7, 11) is 0. The zero-order valence-corrected chi connectivity index (χ0v) is 17.2. The van der Waals surface area contributed by atoms with Crippen molar-refractivity contribution in [3.63, 3.8) is 0 Å². The average Bonchev–Trinajstić information content (AvgIpc) is 2.68. The maximum absolute atomic E-state index is 12.8. The number of aryl methyl sites for hydroxylation is 1. The predicted molar refractivity (Wildman–Crippen MR) is 108 cm³/mol. The van der Waals surface area contributed by atoms with Gasteiger partial charge in [-0.3, -0.25) is 4.79 Å². The lowest BCUT2D eigenvalue weighted by Gasteiger charge is -2.22. The first-order valence-electron chi connectivity index (χ1n) is 9.71. The minimum absolute atomic E-state index is 0.0135. The van der Waals surface area contributed by atoms with E-state index in [2.05, 4.69) is 15.3 Å².